The number of nitrogens with one attached hydrogen (secondary N) is 2. The summed E-state index contributed by atoms with van der Waals surface area (Å²) in [7, 11) is -7.89. The highest BCUT2D eigenvalue weighted by molar-refractivity contribution is 7.92. The highest BCUT2D eigenvalue weighted by Crippen LogP contribution is 2.34. The van der Waals surface area contributed by atoms with Gasteiger partial charge in [-0.05, 0) is 35.4 Å². The second kappa shape index (κ2) is 16.0. The van der Waals surface area contributed by atoms with Crippen molar-refractivity contribution in [1.82, 2.24) is 0 Å². The largest absolute Gasteiger partial charge is 0.454 e. The summed E-state index contributed by atoms with van der Waals surface area (Å²) in [6, 6.07) is 21.6. The van der Waals surface area contributed by atoms with Crippen molar-refractivity contribution in [2.24, 2.45) is 0 Å². The summed E-state index contributed by atoms with van der Waals surface area (Å²) in [4.78, 5) is 38.0. The first-order valence-electron chi connectivity index (χ1n) is 13.6. The number of sulfonamides is 2. The van der Waals surface area contributed by atoms with E-state index < -0.39 is 62.1 Å². The summed E-state index contributed by atoms with van der Waals surface area (Å²) in [5.74, 6) is -3.93. The van der Waals surface area contributed by atoms with Crippen molar-refractivity contribution in [2.75, 3.05) is 22.7 Å². The van der Waals surface area contributed by atoms with E-state index in [1.165, 1.54) is 24.3 Å². The van der Waals surface area contributed by atoms with E-state index in [4.69, 9.17) is 55.9 Å². The van der Waals surface area contributed by atoms with Crippen LogP contribution in [0.4, 0.5) is 11.4 Å². The van der Waals surface area contributed by atoms with Crippen molar-refractivity contribution < 1.29 is 40.7 Å². The molecule has 4 aromatic carbocycles. The smallest absolute Gasteiger partial charge is 0.341 e. The molecule has 17 heteroatoms. The summed E-state index contributed by atoms with van der Waals surface area (Å²) in [6.07, 6.45) is 0. The van der Waals surface area contributed by atoms with Gasteiger partial charge in [0.15, 0.2) is 13.2 Å². The Hall–Kier alpha value is -3.85. The van der Waals surface area contributed by atoms with Crippen LogP contribution >= 0.6 is 46.4 Å². The molecule has 252 valence electrons. The van der Waals surface area contributed by atoms with E-state index in [0.29, 0.717) is 11.1 Å². The number of Topliss-reactive ketones (excluding diaryl/α,β-unsaturated/α-hetero) is 1. The van der Waals surface area contributed by atoms with Gasteiger partial charge >= 0.3 is 11.9 Å². The maximum atomic E-state index is 12.8. The minimum Gasteiger partial charge on any atom is -0.454 e. The van der Waals surface area contributed by atoms with Crippen LogP contribution in [0, 0.1) is 0 Å². The number of benzene rings is 4. The number of ether oxygens (including phenoxy) is 2. The summed E-state index contributed by atoms with van der Waals surface area (Å²) in [5, 5.41) is -1.10. The molecule has 48 heavy (non-hydrogen) atoms. The molecule has 0 fully saturated rings. The second-order valence-electron chi connectivity index (χ2n) is 9.95. The highest BCUT2D eigenvalue weighted by Gasteiger charge is 2.25. The van der Waals surface area contributed by atoms with Gasteiger partial charge in [0, 0.05) is 0 Å². The van der Waals surface area contributed by atoms with E-state index >= 15 is 0 Å². The van der Waals surface area contributed by atoms with Gasteiger partial charge in [0.25, 0.3) is 0 Å². The summed E-state index contributed by atoms with van der Waals surface area (Å²) < 4.78 is 65.2. The van der Waals surface area contributed by atoms with Gasteiger partial charge in [0.05, 0.1) is 54.1 Å². The number of rotatable bonds is 14. The Morgan fingerprint density at radius 2 is 0.896 bits per heavy atom. The number of ketones is 1. The standard InChI is InChI=1S/C31H24Cl4N2O9S2/c32-22-11-13-24(36-47(41,42)17-19-7-3-1-4-8-19)28(34)26(22)30(39)45-15-21(38)16-46-31(40)27-23(33)12-14-25(29(27)35)37-48(43,44)18-20-9-5-2-6-10-20/h1-14,36-37H,15-18H2. The molecule has 0 bridgehead atoms. The van der Waals surface area contributed by atoms with Crippen LogP contribution in [0.3, 0.4) is 0 Å². The molecule has 0 unspecified atom stereocenters. The molecule has 0 heterocycles. The first kappa shape index (κ1) is 37.0. The second-order valence-corrected chi connectivity index (χ2v) is 15.0. The van der Waals surface area contributed by atoms with Crippen LogP contribution in [0.2, 0.25) is 20.1 Å². The summed E-state index contributed by atoms with van der Waals surface area (Å²) in [5.41, 5.74) is -0.101. The minimum atomic E-state index is -3.95. The molecule has 11 nitrogen and oxygen atoms in total. The normalized spacial score (nSPS) is 11.4. The van der Waals surface area contributed by atoms with E-state index in [1.54, 1.807) is 60.7 Å². The molecular formula is C31H24Cl4N2O9S2. The van der Waals surface area contributed by atoms with Gasteiger partial charge in [-0.2, -0.15) is 0 Å². The summed E-state index contributed by atoms with van der Waals surface area (Å²) in [6.45, 7) is -1.77. The van der Waals surface area contributed by atoms with Gasteiger partial charge in [-0.15, -0.1) is 0 Å². The number of anilines is 2. The monoisotopic (exact) mass is 772 g/mol. The fourth-order valence-electron chi connectivity index (χ4n) is 4.11. The van der Waals surface area contributed by atoms with Gasteiger partial charge in [0.2, 0.25) is 25.8 Å². The van der Waals surface area contributed by atoms with Crippen LogP contribution in [-0.4, -0.2) is 47.8 Å². The molecule has 0 atom stereocenters. The Morgan fingerprint density at radius 1 is 0.542 bits per heavy atom. The maximum Gasteiger partial charge on any atom is 0.341 e. The van der Waals surface area contributed by atoms with E-state index in [9.17, 15) is 31.2 Å². The lowest BCUT2D eigenvalue weighted by Gasteiger charge is -2.14. The van der Waals surface area contributed by atoms with Crippen LogP contribution in [0.15, 0.2) is 84.9 Å². The molecule has 0 spiro atoms. The first-order valence-corrected chi connectivity index (χ1v) is 18.4. The van der Waals surface area contributed by atoms with Crippen molar-refractivity contribution in [3.05, 3.63) is 127 Å². The van der Waals surface area contributed by atoms with Crippen LogP contribution in [0.25, 0.3) is 0 Å². The Morgan fingerprint density at radius 3 is 1.25 bits per heavy atom. The third-order valence-electron chi connectivity index (χ3n) is 6.25. The highest BCUT2D eigenvalue weighted by atomic mass is 35.5. The molecule has 4 aromatic rings. The third kappa shape index (κ3) is 10.1. The zero-order valence-corrected chi connectivity index (χ0v) is 29.1. The third-order valence-corrected chi connectivity index (χ3v) is 10.2. The van der Waals surface area contributed by atoms with Crippen molar-refractivity contribution in [3.63, 3.8) is 0 Å². The Labute approximate surface area is 296 Å². The van der Waals surface area contributed by atoms with Gasteiger partial charge in [-0.25, -0.2) is 26.4 Å². The lowest BCUT2D eigenvalue weighted by Crippen LogP contribution is -2.22. The Balaban J connectivity index is 1.36. The lowest BCUT2D eigenvalue weighted by atomic mass is 10.2. The molecule has 0 aliphatic carbocycles. The first-order chi connectivity index (χ1) is 22.7. The van der Waals surface area contributed by atoms with Crippen molar-refractivity contribution in [3.8, 4) is 0 Å². The number of halogens is 4. The average Bonchev–Trinajstić information content (AvgIpc) is 3.02. The van der Waals surface area contributed by atoms with E-state index in [0.717, 1.165) is 0 Å². The minimum absolute atomic E-state index is 0.150. The van der Waals surface area contributed by atoms with Crippen LogP contribution in [0.5, 0.6) is 0 Å². The molecule has 0 amide bonds. The SMILES string of the molecule is O=C(COC(=O)c1c(Cl)ccc(NS(=O)(=O)Cc2ccccc2)c1Cl)COC(=O)c1c(Cl)ccc(NS(=O)(=O)Cc2ccccc2)c1Cl. The molecule has 2 N–H and O–H groups in total. The van der Waals surface area contributed by atoms with Gasteiger partial charge in [0.1, 0.15) is 0 Å². The number of hydrogen-bond donors (Lipinski definition) is 2. The quantitative estimate of drug-likeness (QED) is 0.132. The fraction of sp³-hybridized carbons (Fsp3) is 0.129. The number of esters is 2. The van der Waals surface area contributed by atoms with Crippen molar-refractivity contribution in [2.45, 2.75) is 11.5 Å². The predicted octanol–water partition coefficient (Wildman–Crippen LogP) is 6.77. The number of carbonyl (C=O) groups is 3. The molecule has 4 rings (SSSR count). The molecule has 0 aromatic heterocycles. The predicted molar refractivity (Wildman–Crippen MR) is 184 cm³/mol. The summed E-state index contributed by atoms with van der Waals surface area (Å²) >= 11 is 24.8. The van der Waals surface area contributed by atoms with Gasteiger partial charge in [-0.3, -0.25) is 14.2 Å². The topological polar surface area (TPSA) is 162 Å². The number of carbonyl (C=O) groups excluding carboxylic acids is 3. The molecular weight excluding hydrogens is 750 g/mol. The fourth-order valence-corrected chi connectivity index (χ4v) is 7.78. The van der Waals surface area contributed by atoms with Crippen molar-refractivity contribution >= 4 is 95.5 Å². The number of hydrogen-bond acceptors (Lipinski definition) is 9. The van der Waals surface area contributed by atoms with Gasteiger partial charge < -0.3 is 9.47 Å². The Bertz CT molecular complexity index is 1920. The van der Waals surface area contributed by atoms with E-state index in [-0.39, 0.29) is 43.0 Å². The van der Waals surface area contributed by atoms with E-state index in [1.807, 2.05) is 0 Å². The van der Waals surface area contributed by atoms with Crippen molar-refractivity contribution in [1.29, 1.82) is 0 Å². The lowest BCUT2D eigenvalue weighted by molar-refractivity contribution is -0.125. The molecule has 0 saturated heterocycles. The van der Waals surface area contributed by atoms with Crippen LogP contribution in [-0.2, 0) is 45.8 Å². The molecule has 0 radical (unpaired) electrons. The molecule has 0 aliphatic rings. The molecule has 0 saturated carbocycles. The zero-order chi connectivity index (χ0) is 35.1. The average molecular weight is 774 g/mol. The zero-order valence-electron chi connectivity index (χ0n) is 24.4. The van der Waals surface area contributed by atoms with E-state index in [2.05, 4.69) is 9.44 Å². The maximum absolute atomic E-state index is 12.8. The van der Waals surface area contributed by atoms with Crippen LogP contribution in [0.1, 0.15) is 31.8 Å². The molecule has 0 aliphatic heterocycles. The van der Waals surface area contributed by atoms with Crippen LogP contribution < -0.4 is 9.44 Å². The van der Waals surface area contributed by atoms with Gasteiger partial charge in [-0.1, -0.05) is 107 Å². The Kier molecular flexibility index (Phi) is 12.4.